The van der Waals surface area contributed by atoms with E-state index in [1.807, 2.05) is 20.2 Å². The standard InChI is InChI=1S/C16H21N5O2/c1-21(2)9-3-8-17-14-10-15(19-11-18-14)20-13-6-4-12(5-7-13)16(22)23/h4-7,10-11H,3,8-9H2,1-2H3,(H,22,23)(H2,17,18,19,20). The summed E-state index contributed by atoms with van der Waals surface area (Å²) in [5.74, 6) is 0.462. The van der Waals surface area contributed by atoms with E-state index in [9.17, 15) is 4.79 Å². The second-order valence-electron chi connectivity index (χ2n) is 5.38. The lowest BCUT2D eigenvalue weighted by Gasteiger charge is -2.11. The highest BCUT2D eigenvalue weighted by Crippen LogP contribution is 2.17. The van der Waals surface area contributed by atoms with E-state index >= 15 is 0 Å². The minimum absolute atomic E-state index is 0.251. The number of nitrogens with one attached hydrogen (secondary N) is 2. The topological polar surface area (TPSA) is 90.4 Å². The van der Waals surface area contributed by atoms with E-state index in [1.165, 1.54) is 6.33 Å². The van der Waals surface area contributed by atoms with Gasteiger partial charge in [-0.1, -0.05) is 0 Å². The summed E-state index contributed by atoms with van der Waals surface area (Å²) in [7, 11) is 4.09. The van der Waals surface area contributed by atoms with Crippen LogP contribution in [0.5, 0.6) is 0 Å². The van der Waals surface area contributed by atoms with Crippen molar-refractivity contribution in [1.82, 2.24) is 14.9 Å². The zero-order chi connectivity index (χ0) is 16.7. The fraction of sp³-hybridized carbons (Fsp3) is 0.312. The number of anilines is 3. The van der Waals surface area contributed by atoms with Crippen LogP contribution in [0.4, 0.5) is 17.3 Å². The third-order valence-electron chi connectivity index (χ3n) is 3.16. The normalized spacial score (nSPS) is 10.6. The molecule has 0 saturated heterocycles. The van der Waals surface area contributed by atoms with E-state index in [2.05, 4.69) is 25.5 Å². The van der Waals surface area contributed by atoms with Gasteiger partial charge in [0, 0.05) is 18.3 Å². The first kappa shape index (κ1) is 16.7. The smallest absolute Gasteiger partial charge is 0.335 e. The molecule has 0 radical (unpaired) electrons. The third kappa shape index (κ3) is 5.55. The maximum atomic E-state index is 10.8. The number of rotatable bonds is 8. The maximum Gasteiger partial charge on any atom is 0.335 e. The number of hydrogen-bond acceptors (Lipinski definition) is 6. The van der Waals surface area contributed by atoms with Crippen molar-refractivity contribution in [1.29, 1.82) is 0 Å². The molecule has 7 heteroatoms. The lowest BCUT2D eigenvalue weighted by molar-refractivity contribution is 0.0697. The fourth-order valence-corrected chi connectivity index (χ4v) is 1.98. The highest BCUT2D eigenvalue weighted by atomic mass is 16.4. The zero-order valence-electron chi connectivity index (χ0n) is 13.3. The second kappa shape index (κ2) is 8.09. The number of carbonyl (C=O) groups is 1. The van der Waals surface area contributed by atoms with Gasteiger partial charge in [0.15, 0.2) is 0 Å². The van der Waals surface area contributed by atoms with Crippen LogP contribution in [0, 0.1) is 0 Å². The van der Waals surface area contributed by atoms with E-state index in [4.69, 9.17) is 5.11 Å². The van der Waals surface area contributed by atoms with Crippen LogP contribution in [0.15, 0.2) is 36.7 Å². The minimum Gasteiger partial charge on any atom is -0.478 e. The van der Waals surface area contributed by atoms with Crippen LogP contribution >= 0.6 is 0 Å². The molecule has 0 amide bonds. The number of carboxylic acid groups (broad SMARTS) is 1. The van der Waals surface area contributed by atoms with Crippen molar-refractivity contribution in [3.63, 3.8) is 0 Å². The van der Waals surface area contributed by atoms with Crippen molar-refractivity contribution in [3.8, 4) is 0 Å². The molecule has 0 bridgehead atoms. The molecule has 1 heterocycles. The SMILES string of the molecule is CN(C)CCCNc1cc(Nc2ccc(C(=O)O)cc2)ncn1. The van der Waals surface area contributed by atoms with Gasteiger partial charge in [-0.05, 0) is 51.3 Å². The molecule has 1 aromatic carbocycles. The summed E-state index contributed by atoms with van der Waals surface area (Å²) < 4.78 is 0. The van der Waals surface area contributed by atoms with E-state index in [-0.39, 0.29) is 5.56 Å². The monoisotopic (exact) mass is 315 g/mol. The summed E-state index contributed by atoms with van der Waals surface area (Å²) >= 11 is 0. The molecule has 0 fully saturated rings. The molecule has 122 valence electrons. The zero-order valence-corrected chi connectivity index (χ0v) is 13.3. The molecule has 0 spiro atoms. The Hall–Kier alpha value is -2.67. The van der Waals surface area contributed by atoms with Crippen molar-refractivity contribution in [2.45, 2.75) is 6.42 Å². The Morgan fingerprint density at radius 2 is 1.87 bits per heavy atom. The van der Waals surface area contributed by atoms with Crippen LogP contribution in [-0.4, -0.2) is 53.1 Å². The molecule has 2 aromatic rings. The van der Waals surface area contributed by atoms with Gasteiger partial charge in [0.1, 0.15) is 18.0 Å². The summed E-state index contributed by atoms with van der Waals surface area (Å²) in [6.45, 7) is 1.85. The van der Waals surface area contributed by atoms with Gasteiger partial charge in [0.2, 0.25) is 0 Å². The highest BCUT2D eigenvalue weighted by Gasteiger charge is 2.03. The van der Waals surface area contributed by atoms with Gasteiger partial charge in [-0.2, -0.15) is 0 Å². The van der Waals surface area contributed by atoms with Crippen molar-refractivity contribution >= 4 is 23.3 Å². The van der Waals surface area contributed by atoms with E-state index in [1.54, 1.807) is 24.3 Å². The predicted molar refractivity (Wildman–Crippen MR) is 90.4 cm³/mol. The predicted octanol–water partition coefficient (Wildman–Crippen LogP) is 2.28. The van der Waals surface area contributed by atoms with Gasteiger partial charge in [0.05, 0.1) is 5.56 Å². The Morgan fingerprint density at radius 3 is 2.52 bits per heavy atom. The van der Waals surface area contributed by atoms with Crippen LogP contribution in [0.1, 0.15) is 16.8 Å². The van der Waals surface area contributed by atoms with Crippen LogP contribution in [-0.2, 0) is 0 Å². The summed E-state index contributed by atoms with van der Waals surface area (Å²) in [6.07, 6.45) is 2.51. The highest BCUT2D eigenvalue weighted by molar-refractivity contribution is 5.88. The Morgan fingerprint density at radius 1 is 1.17 bits per heavy atom. The molecule has 0 aliphatic heterocycles. The van der Waals surface area contributed by atoms with E-state index in [0.717, 1.165) is 31.0 Å². The van der Waals surface area contributed by atoms with E-state index in [0.29, 0.717) is 5.82 Å². The number of aromatic carboxylic acids is 1. The Labute approximate surface area is 135 Å². The van der Waals surface area contributed by atoms with Crippen LogP contribution in [0.25, 0.3) is 0 Å². The number of nitrogens with zero attached hydrogens (tertiary/aromatic N) is 3. The largest absolute Gasteiger partial charge is 0.478 e. The quantitative estimate of drug-likeness (QED) is 0.644. The van der Waals surface area contributed by atoms with Gasteiger partial charge in [-0.25, -0.2) is 14.8 Å². The summed E-state index contributed by atoms with van der Waals surface area (Å²) in [5, 5.41) is 15.3. The summed E-state index contributed by atoms with van der Waals surface area (Å²) in [6, 6.07) is 8.32. The first-order valence-electron chi connectivity index (χ1n) is 7.35. The first-order valence-corrected chi connectivity index (χ1v) is 7.35. The molecule has 3 N–H and O–H groups in total. The summed E-state index contributed by atoms with van der Waals surface area (Å²) in [5.41, 5.74) is 1.02. The van der Waals surface area contributed by atoms with Crippen molar-refractivity contribution in [2.24, 2.45) is 0 Å². The van der Waals surface area contributed by atoms with Crippen LogP contribution in [0.2, 0.25) is 0 Å². The molecule has 0 atom stereocenters. The maximum absolute atomic E-state index is 10.8. The average molecular weight is 315 g/mol. The van der Waals surface area contributed by atoms with Gasteiger partial charge >= 0.3 is 5.97 Å². The molecule has 2 rings (SSSR count). The fourth-order valence-electron chi connectivity index (χ4n) is 1.98. The Bertz CT molecular complexity index is 643. The number of benzene rings is 1. The van der Waals surface area contributed by atoms with Crippen molar-refractivity contribution in [3.05, 3.63) is 42.2 Å². The van der Waals surface area contributed by atoms with Gasteiger partial charge in [-0.3, -0.25) is 0 Å². The molecular weight excluding hydrogens is 294 g/mol. The molecule has 23 heavy (non-hydrogen) atoms. The second-order valence-corrected chi connectivity index (χ2v) is 5.38. The molecular formula is C16H21N5O2. The number of hydrogen-bond donors (Lipinski definition) is 3. The molecule has 7 nitrogen and oxygen atoms in total. The summed E-state index contributed by atoms with van der Waals surface area (Å²) in [4.78, 5) is 21.3. The molecule has 0 saturated carbocycles. The Balaban J connectivity index is 1.92. The molecule has 0 aliphatic rings. The Kier molecular flexibility index (Phi) is 5.87. The number of aromatic nitrogens is 2. The first-order chi connectivity index (χ1) is 11.0. The van der Waals surface area contributed by atoms with Crippen molar-refractivity contribution in [2.75, 3.05) is 37.8 Å². The molecule has 0 aliphatic carbocycles. The average Bonchev–Trinajstić information content (AvgIpc) is 2.52. The lowest BCUT2D eigenvalue weighted by Crippen LogP contribution is -2.16. The minimum atomic E-state index is -0.942. The number of carboxylic acids is 1. The lowest BCUT2D eigenvalue weighted by atomic mass is 10.2. The van der Waals surface area contributed by atoms with Crippen molar-refractivity contribution < 1.29 is 9.90 Å². The van der Waals surface area contributed by atoms with Crippen LogP contribution < -0.4 is 10.6 Å². The third-order valence-corrected chi connectivity index (χ3v) is 3.16. The van der Waals surface area contributed by atoms with Gasteiger partial charge in [-0.15, -0.1) is 0 Å². The van der Waals surface area contributed by atoms with Crippen LogP contribution in [0.3, 0.4) is 0 Å². The molecule has 1 aromatic heterocycles. The van der Waals surface area contributed by atoms with E-state index < -0.39 is 5.97 Å². The van der Waals surface area contributed by atoms with Gasteiger partial charge < -0.3 is 20.6 Å². The molecule has 0 unspecified atom stereocenters. The van der Waals surface area contributed by atoms with Gasteiger partial charge in [0.25, 0.3) is 0 Å².